The van der Waals surface area contributed by atoms with Gasteiger partial charge in [-0.3, -0.25) is 9.69 Å². The Hall–Kier alpha value is -2.60. The molecule has 0 unspecified atom stereocenters. The molecule has 2 aromatic carbocycles. The fourth-order valence-corrected chi connectivity index (χ4v) is 3.45. The lowest BCUT2D eigenvalue weighted by Crippen LogP contribution is -2.53. The van der Waals surface area contributed by atoms with Crippen molar-refractivity contribution < 1.29 is 13.9 Å². The zero-order valence-corrected chi connectivity index (χ0v) is 16.5. The average Bonchev–Trinajstić information content (AvgIpc) is 2.73. The van der Waals surface area contributed by atoms with Crippen LogP contribution in [0, 0.1) is 5.82 Å². The van der Waals surface area contributed by atoms with Gasteiger partial charge in [0.15, 0.2) is 0 Å². The van der Waals surface area contributed by atoms with E-state index in [1.54, 1.807) is 12.1 Å². The first-order valence-corrected chi connectivity index (χ1v) is 9.81. The van der Waals surface area contributed by atoms with Crippen LogP contribution in [0.3, 0.4) is 0 Å². The molecule has 0 saturated carbocycles. The van der Waals surface area contributed by atoms with Crippen molar-refractivity contribution in [2.24, 2.45) is 0 Å². The van der Waals surface area contributed by atoms with Crippen LogP contribution in [0.15, 0.2) is 48.5 Å². The minimum absolute atomic E-state index is 0.00695. The number of nitrogens with one attached hydrogen (secondary N) is 1. The minimum atomic E-state index is -0.271. The van der Waals surface area contributed by atoms with Gasteiger partial charge in [-0.2, -0.15) is 0 Å². The highest BCUT2D eigenvalue weighted by Gasteiger charge is 2.26. The number of benzene rings is 2. The van der Waals surface area contributed by atoms with E-state index in [1.807, 2.05) is 32.0 Å². The summed E-state index contributed by atoms with van der Waals surface area (Å²) >= 11 is 0. The van der Waals surface area contributed by atoms with Gasteiger partial charge in [-0.25, -0.2) is 4.39 Å². The Morgan fingerprint density at radius 1 is 1.11 bits per heavy atom. The molecule has 1 amide bonds. The summed E-state index contributed by atoms with van der Waals surface area (Å²) in [4.78, 5) is 17.0. The average molecular weight is 385 g/mol. The van der Waals surface area contributed by atoms with Gasteiger partial charge in [-0.1, -0.05) is 24.3 Å². The van der Waals surface area contributed by atoms with E-state index >= 15 is 0 Å². The molecule has 5 nitrogen and oxygen atoms in total. The molecule has 1 fully saturated rings. The monoisotopic (exact) mass is 385 g/mol. The summed E-state index contributed by atoms with van der Waals surface area (Å²) in [5, 5.41) is 2.95. The lowest BCUT2D eigenvalue weighted by molar-refractivity contribution is -0.126. The fourth-order valence-electron chi connectivity index (χ4n) is 3.45. The smallest absolute Gasteiger partial charge is 0.237 e. The van der Waals surface area contributed by atoms with Crippen molar-refractivity contribution in [3.63, 3.8) is 0 Å². The first-order chi connectivity index (χ1) is 13.6. The van der Waals surface area contributed by atoms with Crippen molar-refractivity contribution in [1.82, 2.24) is 10.2 Å². The molecular formula is C22H28FN3O2. The molecule has 1 N–H and O–H groups in total. The highest BCUT2D eigenvalue weighted by molar-refractivity contribution is 5.81. The van der Waals surface area contributed by atoms with Crippen LogP contribution in [-0.4, -0.2) is 49.6 Å². The van der Waals surface area contributed by atoms with E-state index in [-0.39, 0.29) is 17.8 Å². The molecule has 2 aromatic rings. The van der Waals surface area contributed by atoms with Gasteiger partial charge in [0.25, 0.3) is 0 Å². The number of carbonyl (C=O) groups is 1. The molecular weight excluding hydrogens is 357 g/mol. The number of carbonyl (C=O) groups excluding carboxylic acids is 1. The van der Waals surface area contributed by atoms with Crippen LogP contribution in [0.4, 0.5) is 10.1 Å². The lowest BCUT2D eigenvalue weighted by Gasteiger charge is -2.39. The van der Waals surface area contributed by atoms with Crippen molar-refractivity contribution in [2.45, 2.75) is 26.4 Å². The van der Waals surface area contributed by atoms with Crippen LogP contribution in [-0.2, 0) is 11.3 Å². The van der Waals surface area contributed by atoms with E-state index in [0.29, 0.717) is 13.2 Å². The maximum atomic E-state index is 13.0. The van der Waals surface area contributed by atoms with Gasteiger partial charge in [0.05, 0.1) is 18.3 Å². The molecule has 0 aliphatic carbocycles. The van der Waals surface area contributed by atoms with Crippen LogP contribution in [0.5, 0.6) is 5.75 Å². The number of piperazine rings is 1. The molecule has 1 heterocycles. The first kappa shape index (κ1) is 20.1. The quantitative estimate of drug-likeness (QED) is 0.796. The Morgan fingerprint density at radius 3 is 2.46 bits per heavy atom. The standard InChI is InChI=1S/C22H28FN3O2/c1-3-28-21-7-5-4-6-20(21)26-14-12-25(13-15-26)17(2)22(27)24-16-18-8-10-19(23)11-9-18/h4-11,17H,3,12-16H2,1-2H3,(H,24,27)/t17-/m1/s1. The molecule has 150 valence electrons. The number of amides is 1. The molecule has 3 rings (SSSR count). The van der Waals surface area contributed by atoms with Gasteiger partial charge >= 0.3 is 0 Å². The number of hydrogen-bond acceptors (Lipinski definition) is 4. The van der Waals surface area contributed by atoms with Crippen LogP contribution >= 0.6 is 0 Å². The van der Waals surface area contributed by atoms with Crippen molar-refractivity contribution in [2.75, 3.05) is 37.7 Å². The Balaban J connectivity index is 1.51. The molecule has 0 spiro atoms. The third-order valence-corrected chi connectivity index (χ3v) is 5.13. The summed E-state index contributed by atoms with van der Waals surface area (Å²) in [6.45, 7) is 8.29. The van der Waals surface area contributed by atoms with Crippen molar-refractivity contribution >= 4 is 11.6 Å². The largest absolute Gasteiger partial charge is 0.492 e. The van der Waals surface area contributed by atoms with E-state index in [4.69, 9.17) is 4.74 Å². The molecule has 1 aliphatic heterocycles. The van der Waals surface area contributed by atoms with E-state index in [9.17, 15) is 9.18 Å². The van der Waals surface area contributed by atoms with Crippen LogP contribution in [0.25, 0.3) is 0 Å². The Labute approximate surface area is 166 Å². The molecule has 0 radical (unpaired) electrons. The topological polar surface area (TPSA) is 44.8 Å². The number of rotatable bonds is 7. The highest BCUT2D eigenvalue weighted by Crippen LogP contribution is 2.29. The number of halogens is 1. The predicted octanol–water partition coefficient (Wildman–Crippen LogP) is 3.05. The van der Waals surface area contributed by atoms with Gasteiger partial charge in [0.2, 0.25) is 5.91 Å². The Bertz CT molecular complexity index is 774. The first-order valence-electron chi connectivity index (χ1n) is 9.81. The number of anilines is 1. The molecule has 1 aliphatic rings. The van der Waals surface area contributed by atoms with E-state index < -0.39 is 0 Å². The second-order valence-electron chi connectivity index (χ2n) is 6.94. The molecule has 1 saturated heterocycles. The number of para-hydroxylation sites is 2. The third-order valence-electron chi connectivity index (χ3n) is 5.13. The van der Waals surface area contributed by atoms with Gasteiger partial charge < -0.3 is 15.0 Å². The molecule has 0 aromatic heterocycles. The summed E-state index contributed by atoms with van der Waals surface area (Å²) in [7, 11) is 0. The van der Waals surface area contributed by atoms with Crippen molar-refractivity contribution in [3.05, 3.63) is 59.9 Å². The van der Waals surface area contributed by atoms with Gasteiger partial charge in [-0.15, -0.1) is 0 Å². The molecule has 6 heteroatoms. The minimum Gasteiger partial charge on any atom is -0.492 e. The summed E-state index contributed by atoms with van der Waals surface area (Å²) in [6, 6.07) is 14.1. The van der Waals surface area contributed by atoms with Crippen LogP contribution in [0.1, 0.15) is 19.4 Å². The Kier molecular flexibility index (Phi) is 6.87. The molecule has 1 atom stereocenters. The summed E-state index contributed by atoms with van der Waals surface area (Å²) < 4.78 is 18.7. The number of hydrogen-bond donors (Lipinski definition) is 1. The SMILES string of the molecule is CCOc1ccccc1N1CCN([C@H](C)C(=O)NCc2ccc(F)cc2)CC1. The van der Waals surface area contributed by atoms with Gasteiger partial charge in [-0.05, 0) is 43.7 Å². The summed E-state index contributed by atoms with van der Waals surface area (Å²) in [6.07, 6.45) is 0. The maximum Gasteiger partial charge on any atom is 0.237 e. The van der Waals surface area contributed by atoms with Gasteiger partial charge in [0.1, 0.15) is 11.6 Å². The molecule has 0 bridgehead atoms. The van der Waals surface area contributed by atoms with Gasteiger partial charge in [0, 0.05) is 32.7 Å². The molecule has 28 heavy (non-hydrogen) atoms. The summed E-state index contributed by atoms with van der Waals surface area (Å²) in [5.41, 5.74) is 2.00. The zero-order valence-electron chi connectivity index (χ0n) is 16.5. The van der Waals surface area contributed by atoms with E-state index in [0.717, 1.165) is 43.2 Å². The van der Waals surface area contributed by atoms with Crippen molar-refractivity contribution in [1.29, 1.82) is 0 Å². The number of nitrogens with zero attached hydrogens (tertiary/aromatic N) is 2. The highest BCUT2D eigenvalue weighted by atomic mass is 19.1. The van der Waals surface area contributed by atoms with E-state index in [2.05, 4.69) is 21.2 Å². The second kappa shape index (κ2) is 9.55. The second-order valence-corrected chi connectivity index (χ2v) is 6.94. The fraction of sp³-hybridized carbons (Fsp3) is 0.409. The third kappa shape index (κ3) is 5.01. The predicted molar refractivity (Wildman–Crippen MR) is 109 cm³/mol. The Morgan fingerprint density at radius 2 is 1.79 bits per heavy atom. The number of ether oxygens (including phenoxy) is 1. The summed E-state index contributed by atoms with van der Waals surface area (Å²) in [5.74, 6) is 0.628. The van der Waals surface area contributed by atoms with E-state index in [1.165, 1.54) is 12.1 Å². The maximum absolute atomic E-state index is 13.0. The van der Waals surface area contributed by atoms with Crippen LogP contribution in [0.2, 0.25) is 0 Å². The van der Waals surface area contributed by atoms with Crippen molar-refractivity contribution in [3.8, 4) is 5.75 Å². The lowest BCUT2D eigenvalue weighted by atomic mass is 10.1. The zero-order chi connectivity index (χ0) is 19.9. The normalized spacial score (nSPS) is 15.9. The van der Waals surface area contributed by atoms with Crippen LogP contribution < -0.4 is 15.0 Å².